The van der Waals surface area contributed by atoms with Gasteiger partial charge in [0, 0.05) is 49.6 Å². The molecule has 3 atom stereocenters. The fourth-order valence-electron chi connectivity index (χ4n) is 8.72. The highest BCUT2D eigenvalue weighted by Gasteiger charge is 2.48. The molecule has 14 heteroatoms. The lowest BCUT2D eigenvalue weighted by molar-refractivity contribution is -0.138. The van der Waals surface area contributed by atoms with Gasteiger partial charge in [0.2, 0.25) is 11.8 Å². The van der Waals surface area contributed by atoms with Crippen LogP contribution in [0.4, 0.5) is 20.3 Å². The van der Waals surface area contributed by atoms with E-state index in [1.807, 2.05) is 35.2 Å². The summed E-state index contributed by atoms with van der Waals surface area (Å²) in [5, 5.41) is 24.3. The van der Waals surface area contributed by atoms with Gasteiger partial charge in [0.1, 0.15) is 36.0 Å². The number of rotatable bonds is 12. The van der Waals surface area contributed by atoms with Crippen LogP contribution in [-0.4, -0.2) is 80.8 Å². The summed E-state index contributed by atoms with van der Waals surface area (Å²) in [4.78, 5) is 45.7. The molecule has 3 saturated heterocycles. The highest BCUT2D eigenvalue weighted by molar-refractivity contribution is 6.03. The summed E-state index contributed by atoms with van der Waals surface area (Å²) < 4.78 is 26.4. The number of aromatic hydroxyl groups is 1. The smallest absolute Gasteiger partial charge is 0.233 e. The number of piperidine rings is 2. The summed E-state index contributed by atoms with van der Waals surface area (Å²) >= 11 is 0. The molecular weight excluding hydrogens is 793 g/mol. The van der Waals surface area contributed by atoms with Crippen LogP contribution in [0, 0.1) is 29.4 Å². The number of pyridine rings is 2. The molecule has 3 aliphatic rings. The minimum absolute atomic E-state index is 0.106. The molecule has 0 bridgehead atoms. The van der Waals surface area contributed by atoms with Crippen molar-refractivity contribution in [3.05, 3.63) is 150 Å². The molecular formula is C48H53F2N7O5. The Hall–Kier alpha value is -6.25. The first-order valence-corrected chi connectivity index (χ1v) is 21.1. The average Bonchev–Trinajstić information content (AvgIpc) is 3.29. The number of benzene rings is 3. The van der Waals surface area contributed by atoms with Gasteiger partial charge in [-0.15, -0.1) is 0 Å². The molecule has 0 radical (unpaired) electrons. The van der Waals surface area contributed by atoms with Crippen molar-refractivity contribution in [3.63, 3.8) is 0 Å². The van der Waals surface area contributed by atoms with Gasteiger partial charge in [-0.2, -0.15) is 0 Å². The fourth-order valence-corrected chi connectivity index (χ4v) is 8.72. The highest BCUT2D eigenvalue weighted by atomic mass is 19.1. The molecule has 3 fully saturated rings. The van der Waals surface area contributed by atoms with Gasteiger partial charge in [-0.25, -0.2) is 13.8 Å². The van der Waals surface area contributed by atoms with Crippen molar-refractivity contribution < 1.29 is 33.4 Å². The van der Waals surface area contributed by atoms with Gasteiger partial charge in [-0.05, 0) is 141 Å². The van der Waals surface area contributed by atoms with Crippen LogP contribution in [0.3, 0.4) is 0 Å². The first kappa shape index (κ1) is 43.8. The van der Waals surface area contributed by atoms with Gasteiger partial charge >= 0.3 is 0 Å². The van der Waals surface area contributed by atoms with Crippen molar-refractivity contribution >= 4 is 29.0 Å². The van der Waals surface area contributed by atoms with E-state index in [9.17, 15) is 28.6 Å². The number of likely N-dealkylation sites (tertiary alicyclic amines) is 2. The van der Waals surface area contributed by atoms with E-state index >= 15 is 0 Å². The van der Waals surface area contributed by atoms with Gasteiger partial charge in [-0.3, -0.25) is 19.5 Å². The number of aliphatic hydroxyl groups excluding tert-OH is 1. The molecule has 3 aliphatic heterocycles. The number of amides is 2. The van der Waals surface area contributed by atoms with E-state index in [-0.39, 0.29) is 47.1 Å². The van der Waals surface area contributed by atoms with Crippen LogP contribution in [0.25, 0.3) is 0 Å². The zero-order valence-corrected chi connectivity index (χ0v) is 34.8. The molecule has 324 valence electrons. The largest absolute Gasteiger partial charge is 0.508 e. The number of oxime groups is 1. The van der Waals surface area contributed by atoms with Gasteiger partial charge in [0.05, 0.1) is 23.8 Å². The number of nitrogens with zero attached hydrogens (tertiary/aromatic N) is 6. The lowest BCUT2D eigenvalue weighted by Gasteiger charge is -2.48. The summed E-state index contributed by atoms with van der Waals surface area (Å²) in [5.41, 5.74) is 10.7. The Kier molecular flexibility index (Phi) is 14.5. The quantitative estimate of drug-likeness (QED) is 0.0660. The van der Waals surface area contributed by atoms with Crippen LogP contribution >= 0.6 is 0 Å². The van der Waals surface area contributed by atoms with Crippen molar-refractivity contribution in [2.75, 3.05) is 43.9 Å². The average molecular weight is 846 g/mol. The molecule has 0 saturated carbocycles. The Labute approximate surface area is 360 Å². The molecule has 2 amide bonds. The maximum absolute atomic E-state index is 13.3. The second-order valence-electron chi connectivity index (χ2n) is 16.1. The molecule has 5 aromatic rings. The van der Waals surface area contributed by atoms with E-state index < -0.39 is 6.10 Å². The molecule has 12 nitrogen and oxygen atoms in total. The minimum atomic E-state index is -0.807. The molecule has 0 unspecified atom stereocenters. The van der Waals surface area contributed by atoms with E-state index in [1.165, 1.54) is 42.0 Å². The second-order valence-corrected chi connectivity index (χ2v) is 16.1. The van der Waals surface area contributed by atoms with Crippen LogP contribution in [-0.2, 0) is 21.0 Å². The topological polar surface area (TPSA) is 158 Å². The Balaban J connectivity index is 0.000000187. The number of hydrogen-bond donors (Lipinski definition) is 3. The summed E-state index contributed by atoms with van der Waals surface area (Å²) in [6, 6.07) is 27.5. The first-order chi connectivity index (χ1) is 30.1. The van der Waals surface area contributed by atoms with Crippen LogP contribution in [0.2, 0.25) is 0 Å². The monoisotopic (exact) mass is 845 g/mol. The molecule has 0 aliphatic carbocycles. The number of carbonyl (C=O) groups is 2. The number of carbonyl (C=O) groups excluding carboxylic acids is 2. The Bertz CT molecular complexity index is 2270. The molecule has 5 heterocycles. The fraction of sp³-hybridized carbons (Fsp3) is 0.354. The number of hydrogen-bond acceptors (Lipinski definition) is 10. The minimum Gasteiger partial charge on any atom is -0.508 e. The normalized spacial score (nSPS) is 19.3. The van der Waals surface area contributed by atoms with Gasteiger partial charge in [0.15, 0.2) is 0 Å². The molecule has 2 aromatic heterocycles. The van der Waals surface area contributed by atoms with Crippen LogP contribution < -0.4 is 10.6 Å². The van der Waals surface area contributed by atoms with Gasteiger partial charge in [0.25, 0.3) is 0 Å². The maximum atomic E-state index is 13.3. The van der Waals surface area contributed by atoms with Crippen molar-refractivity contribution in [3.8, 4) is 5.75 Å². The SMILES string of the molecule is CO/N=C(/c1ccccn1)C1CCN(C(=O)C2CCN(Cc3ccnc(N)c3)CC2)CC1.O=C1[C@H](CC[C@H](O)c2ccc(F)cc2)[C@@H](c2ccc(O)cc2)N1c1ccc(F)cc1. The van der Waals surface area contributed by atoms with Crippen LogP contribution in [0.1, 0.15) is 73.1 Å². The summed E-state index contributed by atoms with van der Waals surface area (Å²) in [5.74, 6) is 0.129. The third-order valence-electron chi connectivity index (χ3n) is 12.1. The van der Waals surface area contributed by atoms with E-state index in [1.54, 1.807) is 60.8 Å². The Morgan fingerprint density at radius 3 is 2.15 bits per heavy atom. The third-order valence-corrected chi connectivity index (χ3v) is 12.1. The molecule has 0 spiro atoms. The van der Waals surface area contributed by atoms with Crippen LogP contribution in [0.5, 0.6) is 5.75 Å². The summed E-state index contributed by atoms with van der Waals surface area (Å²) in [6.45, 7) is 4.23. The number of aliphatic hydroxyl groups is 1. The van der Waals surface area contributed by atoms with E-state index in [0.29, 0.717) is 35.8 Å². The predicted molar refractivity (Wildman–Crippen MR) is 233 cm³/mol. The highest BCUT2D eigenvalue weighted by Crippen LogP contribution is 2.46. The van der Waals surface area contributed by atoms with E-state index in [4.69, 9.17) is 10.6 Å². The number of phenols is 1. The molecule has 4 N–H and O–H groups in total. The second kappa shape index (κ2) is 20.5. The van der Waals surface area contributed by atoms with E-state index in [2.05, 4.69) is 20.0 Å². The molecule has 3 aromatic carbocycles. The number of phenolic OH excluding ortho intramolecular Hbond substituents is 1. The predicted octanol–water partition coefficient (Wildman–Crippen LogP) is 7.45. The zero-order valence-electron chi connectivity index (χ0n) is 34.8. The first-order valence-electron chi connectivity index (χ1n) is 21.1. The number of anilines is 2. The summed E-state index contributed by atoms with van der Waals surface area (Å²) in [6.07, 6.45) is 7.07. The lowest BCUT2D eigenvalue weighted by atomic mass is 9.78. The van der Waals surface area contributed by atoms with Crippen molar-refractivity contribution in [2.24, 2.45) is 22.9 Å². The van der Waals surface area contributed by atoms with Crippen molar-refractivity contribution in [2.45, 2.75) is 57.2 Å². The lowest BCUT2D eigenvalue weighted by Crippen LogP contribution is -2.55. The number of β-lactam (4-membered cyclic amide) rings is 1. The maximum Gasteiger partial charge on any atom is 0.233 e. The molecule has 62 heavy (non-hydrogen) atoms. The van der Waals surface area contributed by atoms with Crippen molar-refractivity contribution in [1.82, 2.24) is 19.8 Å². The summed E-state index contributed by atoms with van der Waals surface area (Å²) in [7, 11) is 1.57. The van der Waals surface area contributed by atoms with Crippen molar-refractivity contribution in [1.29, 1.82) is 0 Å². The van der Waals surface area contributed by atoms with Gasteiger partial charge in [-0.1, -0.05) is 35.5 Å². The molecule has 8 rings (SSSR count). The number of nitrogen functional groups attached to an aromatic ring is 1. The van der Waals surface area contributed by atoms with Crippen LogP contribution in [0.15, 0.2) is 121 Å². The Morgan fingerprint density at radius 1 is 0.855 bits per heavy atom. The van der Waals surface area contributed by atoms with Gasteiger partial charge < -0.3 is 30.6 Å². The zero-order chi connectivity index (χ0) is 43.6. The van der Waals surface area contributed by atoms with E-state index in [0.717, 1.165) is 75.4 Å². The number of aromatic nitrogens is 2. The third kappa shape index (κ3) is 10.8. The Morgan fingerprint density at radius 2 is 1.52 bits per heavy atom. The standard InChI is InChI=1S/C24H21F2NO3.C24H32N6O2/c25-17-5-1-15(2-6-17)22(29)14-13-21-23(16-3-11-20(28)12-4-16)27(24(21)30)19-9-7-18(26)8-10-19;1-32-28-23(21-4-2-3-10-26-21)19-8-14-30(15-9-19)24(31)20-6-12-29(13-7-20)17-18-5-11-27-22(25)16-18/h1-12,21-23,28-29H,13-14H2;2-5,10-11,16,19-20H,6-9,12-15,17H2,1H3,(H2,25,27)/b;28-23+/t21-,22+,23-;/m1./s1. The number of halogens is 2. The number of nitrogens with two attached hydrogens (primary N) is 1.